The van der Waals surface area contributed by atoms with Crippen molar-refractivity contribution in [2.24, 2.45) is 0 Å². The first kappa shape index (κ1) is 8.85. The lowest BCUT2D eigenvalue weighted by atomic mass is 10.1. The van der Waals surface area contributed by atoms with Crippen LogP contribution in [0.3, 0.4) is 0 Å². The van der Waals surface area contributed by atoms with Gasteiger partial charge in [-0.15, -0.1) is 6.58 Å². The van der Waals surface area contributed by atoms with Crippen molar-refractivity contribution in [3.8, 4) is 5.75 Å². The lowest BCUT2D eigenvalue weighted by Crippen LogP contribution is -1.95. The molecule has 0 saturated heterocycles. The minimum atomic E-state index is 0.466. The van der Waals surface area contributed by atoms with Crippen LogP contribution in [-0.2, 0) is 6.42 Å². The second-order valence-corrected chi connectivity index (χ2v) is 2.45. The third kappa shape index (κ3) is 2.12. The number of hydrogen-bond donors (Lipinski definition) is 0. The number of benzene rings is 1. The van der Waals surface area contributed by atoms with Crippen molar-refractivity contribution in [1.82, 2.24) is 0 Å². The first-order chi connectivity index (χ1) is 5.88. The summed E-state index contributed by atoms with van der Waals surface area (Å²) >= 11 is 0. The van der Waals surface area contributed by atoms with Gasteiger partial charge in [-0.1, -0.05) is 24.3 Å². The molecular weight excluding hydrogens is 148 g/mol. The smallest absolute Gasteiger partial charge is 0.122 e. The molecule has 0 bridgehead atoms. The van der Waals surface area contributed by atoms with Gasteiger partial charge in [0.05, 0.1) is 6.61 Å². The second-order valence-electron chi connectivity index (χ2n) is 2.45. The lowest BCUT2D eigenvalue weighted by Gasteiger charge is -2.07. The van der Waals surface area contributed by atoms with Crippen molar-refractivity contribution in [2.45, 2.75) is 6.42 Å². The Balaban J connectivity index is 2.83. The highest BCUT2D eigenvalue weighted by Crippen LogP contribution is 2.18. The monoisotopic (exact) mass is 161 g/mol. The molecule has 0 atom stereocenters. The van der Waals surface area contributed by atoms with Gasteiger partial charge in [0.15, 0.2) is 0 Å². The molecule has 63 valence electrons. The van der Waals surface area contributed by atoms with Gasteiger partial charge in [-0.3, -0.25) is 0 Å². The first-order valence-corrected chi connectivity index (χ1v) is 3.99. The van der Waals surface area contributed by atoms with Crippen LogP contribution in [0.5, 0.6) is 5.75 Å². The van der Waals surface area contributed by atoms with Crippen LogP contribution in [0.1, 0.15) is 5.56 Å². The average molecular weight is 161 g/mol. The fourth-order valence-corrected chi connectivity index (χ4v) is 1.08. The van der Waals surface area contributed by atoms with Gasteiger partial charge in [-0.05, 0) is 25.0 Å². The summed E-state index contributed by atoms with van der Waals surface area (Å²) in [5.41, 5.74) is 1.16. The Kier molecular flexibility index (Phi) is 3.39. The molecule has 1 aromatic carbocycles. The van der Waals surface area contributed by atoms with Crippen LogP contribution in [0, 0.1) is 6.92 Å². The Morgan fingerprint density at radius 2 is 2.08 bits per heavy atom. The maximum absolute atomic E-state index is 5.33. The van der Waals surface area contributed by atoms with Crippen LogP contribution in [0.25, 0.3) is 0 Å². The van der Waals surface area contributed by atoms with Gasteiger partial charge in [-0.2, -0.15) is 0 Å². The molecular formula is C11H13O. The van der Waals surface area contributed by atoms with Gasteiger partial charge in [-0.25, -0.2) is 0 Å². The van der Waals surface area contributed by atoms with Gasteiger partial charge in [0.1, 0.15) is 5.75 Å². The lowest BCUT2D eigenvalue weighted by molar-refractivity contribution is 0.358. The summed E-state index contributed by atoms with van der Waals surface area (Å²) in [6, 6.07) is 7.93. The zero-order chi connectivity index (χ0) is 8.81. The molecule has 0 aliphatic carbocycles. The summed E-state index contributed by atoms with van der Waals surface area (Å²) < 4.78 is 5.33. The summed E-state index contributed by atoms with van der Waals surface area (Å²) in [5, 5.41) is 0. The summed E-state index contributed by atoms with van der Waals surface area (Å²) in [6.45, 7) is 7.79. The molecule has 0 aliphatic rings. The quantitative estimate of drug-likeness (QED) is 0.617. The highest BCUT2D eigenvalue weighted by molar-refractivity contribution is 5.34. The van der Waals surface area contributed by atoms with Crippen molar-refractivity contribution in [1.29, 1.82) is 0 Å². The van der Waals surface area contributed by atoms with Crippen molar-refractivity contribution in [3.05, 3.63) is 49.4 Å². The molecule has 1 rings (SSSR count). The van der Waals surface area contributed by atoms with Gasteiger partial charge in [0.2, 0.25) is 0 Å². The molecule has 0 spiro atoms. The van der Waals surface area contributed by atoms with Gasteiger partial charge in [0, 0.05) is 0 Å². The predicted octanol–water partition coefficient (Wildman–Crippen LogP) is 2.63. The van der Waals surface area contributed by atoms with Crippen molar-refractivity contribution in [2.75, 3.05) is 6.61 Å². The fourth-order valence-electron chi connectivity index (χ4n) is 1.08. The summed E-state index contributed by atoms with van der Waals surface area (Å²) in [6.07, 6.45) is 2.71. The standard InChI is InChI=1S/C11H13O/c1-3-7-10-8-5-6-9-11(10)12-4-2/h3,5-6,8-9H,1-2,4,7H2. The molecule has 1 radical (unpaired) electrons. The van der Waals surface area contributed by atoms with Crippen LogP contribution in [0.4, 0.5) is 0 Å². The topological polar surface area (TPSA) is 9.23 Å². The SMILES string of the molecule is [CH2]COc1ccccc1CC=C. The Labute approximate surface area is 73.7 Å². The zero-order valence-electron chi connectivity index (χ0n) is 7.12. The third-order valence-electron chi connectivity index (χ3n) is 1.59. The van der Waals surface area contributed by atoms with E-state index in [1.54, 1.807) is 0 Å². The molecule has 0 amide bonds. The van der Waals surface area contributed by atoms with Gasteiger partial charge >= 0.3 is 0 Å². The third-order valence-corrected chi connectivity index (χ3v) is 1.59. The van der Waals surface area contributed by atoms with E-state index in [-0.39, 0.29) is 0 Å². The molecule has 0 saturated carbocycles. The van der Waals surface area contributed by atoms with E-state index in [1.165, 1.54) is 0 Å². The predicted molar refractivity (Wildman–Crippen MR) is 51.2 cm³/mol. The van der Waals surface area contributed by atoms with E-state index in [2.05, 4.69) is 13.5 Å². The Morgan fingerprint density at radius 3 is 2.75 bits per heavy atom. The molecule has 0 aliphatic heterocycles. The van der Waals surface area contributed by atoms with Crippen molar-refractivity contribution < 1.29 is 4.74 Å². The van der Waals surface area contributed by atoms with Crippen molar-refractivity contribution in [3.63, 3.8) is 0 Å². The molecule has 0 N–H and O–H groups in total. The van der Waals surface area contributed by atoms with E-state index in [0.717, 1.165) is 17.7 Å². The molecule has 0 aromatic heterocycles. The number of para-hydroxylation sites is 1. The zero-order valence-corrected chi connectivity index (χ0v) is 7.12. The Hall–Kier alpha value is -1.24. The number of hydrogen-bond acceptors (Lipinski definition) is 1. The average Bonchev–Trinajstić information content (AvgIpc) is 2.09. The first-order valence-electron chi connectivity index (χ1n) is 3.99. The van der Waals surface area contributed by atoms with Crippen LogP contribution in [-0.4, -0.2) is 6.61 Å². The molecule has 0 fully saturated rings. The summed E-state index contributed by atoms with van der Waals surface area (Å²) in [5.74, 6) is 0.910. The van der Waals surface area contributed by atoms with Crippen molar-refractivity contribution >= 4 is 0 Å². The minimum Gasteiger partial charge on any atom is -0.493 e. The number of rotatable bonds is 4. The fraction of sp³-hybridized carbons (Fsp3) is 0.182. The number of allylic oxidation sites excluding steroid dienone is 1. The number of ether oxygens (including phenoxy) is 1. The molecule has 0 unspecified atom stereocenters. The summed E-state index contributed by atoms with van der Waals surface area (Å²) in [7, 11) is 0. The van der Waals surface area contributed by atoms with E-state index >= 15 is 0 Å². The maximum atomic E-state index is 5.33. The molecule has 0 heterocycles. The van der Waals surface area contributed by atoms with E-state index < -0.39 is 0 Å². The van der Waals surface area contributed by atoms with Crippen LogP contribution in [0.15, 0.2) is 36.9 Å². The highest BCUT2D eigenvalue weighted by atomic mass is 16.5. The largest absolute Gasteiger partial charge is 0.493 e. The van der Waals surface area contributed by atoms with Gasteiger partial charge in [0.25, 0.3) is 0 Å². The minimum absolute atomic E-state index is 0.466. The van der Waals surface area contributed by atoms with Crippen LogP contribution >= 0.6 is 0 Å². The van der Waals surface area contributed by atoms with Crippen LogP contribution < -0.4 is 4.74 Å². The van der Waals surface area contributed by atoms with E-state index in [9.17, 15) is 0 Å². The van der Waals surface area contributed by atoms with E-state index in [4.69, 9.17) is 4.74 Å². The van der Waals surface area contributed by atoms with E-state index in [0.29, 0.717) is 6.61 Å². The van der Waals surface area contributed by atoms with E-state index in [1.807, 2.05) is 30.3 Å². The molecule has 1 nitrogen and oxygen atoms in total. The molecule has 1 heteroatoms. The molecule has 12 heavy (non-hydrogen) atoms. The van der Waals surface area contributed by atoms with Crippen LogP contribution in [0.2, 0.25) is 0 Å². The second kappa shape index (κ2) is 4.60. The Bertz CT molecular complexity index is 253. The maximum Gasteiger partial charge on any atom is 0.122 e. The molecule has 1 aromatic rings. The summed E-state index contributed by atoms with van der Waals surface area (Å²) in [4.78, 5) is 0. The normalized spacial score (nSPS) is 9.42. The van der Waals surface area contributed by atoms with Gasteiger partial charge < -0.3 is 4.74 Å². The highest BCUT2D eigenvalue weighted by Gasteiger charge is 1.98. The Morgan fingerprint density at radius 1 is 1.33 bits per heavy atom.